The molecule has 0 bridgehead atoms. The van der Waals surface area contributed by atoms with E-state index in [1.807, 2.05) is 20.8 Å². The van der Waals surface area contributed by atoms with Gasteiger partial charge in [0.25, 0.3) is 5.24 Å². The summed E-state index contributed by atoms with van der Waals surface area (Å²) in [6, 6.07) is 0. The van der Waals surface area contributed by atoms with Gasteiger partial charge in [-0.25, -0.2) is 4.39 Å². The Balaban J connectivity index is 3.80. The summed E-state index contributed by atoms with van der Waals surface area (Å²) in [4.78, 5) is 10.2. The lowest BCUT2D eigenvalue weighted by molar-refractivity contribution is -0.116. The first-order chi connectivity index (χ1) is 4.33. The van der Waals surface area contributed by atoms with E-state index in [1.165, 1.54) is 0 Å². The van der Waals surface area contributed by atoms with Gasteiger partial charge in [0, 0.05) is 0 Å². The monoisotopic (exact) mass is 166 g/mol. The Morgan fingerprint density at radius 1 is 1.60 bits per heavy atom. The van der Waals surface area contributed by atoms with Gasteiger partial charge in [-0.1, -0.05) is 20.8 Å². The standard InChI is InChI=1S/C7H12ClFO/c1-7(2,3)4-5(9)6(8)10/h5H,4H2,1-3H3. The van der Waals surface area contributed by atoms with E-state index in [2.05, 4.69) is 0 Å². The average Bonchev–Trinajstić information content (AvgIpc) is 1.60. The Hall–Kier alpha value is -0.110. The van der Waals surface area contributed by atoms with Gasteiger partial charge in [0.1, 0.15) is 0 Å². The van der Waals surface area contributed by atoms with E-state index in [-0.39, 0.29) is 11.8 Å². The number of hydrogen-bond acceptors (Lipinski definition) is 1. The molecule has 0 aliphatic carbocycles. The third kappa shape index (κ3) is 4.74. The molecule has 0 saturated carbocycles. The number of carbonyl (C=O) groups is 1. The van der Waals surface area contributed by atoms with Gasteiger partial charge >= 0.3 is 0 Å². The van der Waals surface area contributed by atoms with E-state index in [9.17, 15) is 9.18 Å². The third-order valence-corrected chi connectivity index (χ3v) is 1.27. The van der Waals surface area contributed by atoms with Crippen LogP contribution in [-0.4, -0.2) is 11.4 Å². The van der Waals surface area contributed by atoms with Crippen molar-refractivity contribution in [3.8, 4) is 0 Å². The first-order valence-electron chi connectivity index (χ1n) is 3.16. The molecule has 0 amide bonds. The van der Waals surface area contributed by atoms with E-state index in [1.54, 1.807) is 0 Å². The predicted octanol–water partition coefficient (Wildman–Crippen LogP) is 2.53. The molecule has 0 aliphatic heterocycles. The Labute approximate surface area is 65.6 Å². The molecule has 0 radical (unpaired) electrons. The molecule has 0 aromatic carbocycles. The molecule has 0 aliphatic rings. The maximum Gasteiger partial charge on any atom is 0.255 e. The summed E-state index contributed by atoms with van der Waals surface area (Å²) in [6.45, 7) is 5.58. The number of hydrogen-bond donors (Lipinski definition) is 0. The molecular formula is C7H12ClFO. The molecule has 0 aromatic heterocycles. The number of carbonyl (C=O) groups excluding carboxylic acids is 1. The second kappa shape index (κ2) is 3.33. The number of halogens is 2. The van der Waals surface area contributed by atoms with Crippen molar-refractivity contribution in [3.63, 3.8) is 0 Å². The van der Waals surface area contributed by atoms with Crippen molar-refractivity contribution in [2.24, 2.45) is 5.41 Å². The van der Waals surface area contributed by atoms with Crippen molar-refractivity contribution in [3.05, 3.63) is 0 Å². The fourth-order valence-electron chi connectivity index (χ4n) is 0.618. The fraction of sp³-hybridized carbons (Fsp3) is 0.857. The van der Waals surface area contributed by atoms with Gasteiger partial charge < -0.3 is 0 Å². The van der Waals surface area contributed by atoms with Crippen molar-refractivity contribution in [1.29, 1.82) is 0 Å². The normalized spacial score (nSPS) is 14.9. The van der Waals surface area contributed by atoms with Crippen LogP contribution in [0.2, 0.25) is 0 Å². The zero-order chi connectivity index (χ0) is 8.36. The highest BCUT2D eigenvalue weighted by Crippen LogP contribution is 2.23. The summed E-state index contributed by atoms with van der Waals surface area (Å²) in [5.74, 6) is 0. The first kappa shape index (κ1) is 9.89. The molecule has 1 nitrogen and oxygen atoms in total. The summed E-state index contributed by atoms with van der Waals surface area (Å²) >= 11 is 4.92. The van der Waals surface area contributed by atoms with Gasteiger partial charge in [-0.05, 0) is 23.4 Å². The molecular weight excluding hydrogens is 155 g/mol. The molecule has 0 saturated heterocycles. The molecule has 1 atom stereocenters. The van der Waals surface area contributed by atoms with E-state index >= 15 is 0 Å². The zero-order valence-corrected chi connectivity index (χ0v) is 7.20. The average molecular weight is 167 g/mol. The van der Waals surface area contributed by atoms with Gasteiger partial charge in [0.05, 0.1) is 0 Å². The Morgan fingerprint density at radius 2 is 2.00 bits per heavy atom. The van der Waals surface area contributed by atoms with Crippen LogP contribution >= 0.6 is 11.6 Å². The van der Waals surface area contributed by atoms with Crippen LogP contribution in [0.1, 0.15) is 27.2 Å². The van der Waals surface area contributed by atoms with Crippen LogP contribution < -0.4 is 0 Å². The Kier molecular flexibility index (Phi) is 3.29. The van der Waals surface area contributed by atoms with Gasteiger partial charge in [-0.3, -0.25) is 4.79 Å². The third-order valence-electron chi connectivity index (χ3n) is 1.04. The lowest BCUT2D eigenvalue weighted by atomic mass is 9.90. The summed E-state index contributed by atoms with van der Waals surface area (Å²) < 4.78 is 12.5. The van der Waals surface area contributed by atoms with Crippen LogP contribution in [0.3, 0.4) is 0 Å². The van der Waals surface area contributed by atoms with Gasteiger partial charge in [0.15, 0.2) is 6.17 Å². The minimum absolute atomic E-state index is 0.177. The topological polar surface area (TPSA) is 17.1 Å². The summed E-state index contributed by atoms with van der Waals surface area (Å²) in [6.07, 6.45) is -1.32. The SMILES string of the molecule is CC(C)(C)CC(F)C(=O)Cl. The van der Waals surface area contributed by atoms with Crippen LogP contribution in [-0.2, 0) is 4.79 Å². The second-order valence-electron chi connectivity index (χ2n) is 3.54. The largest absolute Gasteiger partial charge is 0.278 e. The highest BCUT2D eigenvalue weighted by atomic mass is 35.5. The maximum absolute atomic E-state index is 12.5. The van der Waals surface area contributed by atoms with Crippen molar-refractivity contribution in [1.82, 2.24) is 0 Å². The van der Waals surface area contributed by atoms with E-state index in [0.717, 1.165) is 0 Å². The minimum Gasteiger partial charge on any atom is -0.278 e. The number of alkyl halides is 1. The molecule has 10 heavy (non-hydrogen) atoms. The Morgan fingerprint density at radius 3 is 2.10 bits per heavy atom. The first-order valence-corrected chi connectivity index (χ1v) is 3.54. The highest BCUT2D eigenvalue weighted by molar-refractivity contribution is 6.64. The van der Waals surface area contributed by atoms with E-state index < -0.39 is 11.4 Å². The molecule has 0 spiro atoms. The summed E-state index contributed by atoms with van der Waals surface area (Å²) in [5.41, 5.74) is -0.177. The Bertz CT molecular complexity index is 128. The van der Waals surface area contributed by atoms with Crippen molar-refractivity contribution < 1.29 is 9.18 Å². The van der Waals surface area contributed by atoms with Crippen LogP contribution in [0.4, 0.5) is 4.39 Å². The maximum atomic E-state index is 12.5. The zero-order valence-electron chi connectivity index (χ0n) is 6.45. The molecule has 0 N–H and O–H groups in total. The van der Waals surface area contributed by atoms with Gasteiger partial charge in [-0.2, -0.15) is 0 Å². The number of rotatable bonds is 2. The summed E-state index contributed by atoms with van der Waals surface area (Å²) in [5, 5.41) is -0.894. The van der Waals surface area contributed by atoms with Crippen molar-refractivity contribution in [2.45, 2.75) is 33.4 Å². The molecule has 60 valence electrons. The van der Waals surface area contributed by atoms with Gasteiger partial charge in [0.2, 0.25) is 0 Å². The minimum atomic E-state index is -1.51. The highest BCUT2D eigenvalue weighted by Gasteiger charge is 2.22. The molecule has 1 unspecified atom stereocenters. The molecule has 3 heteroatoms. The van der Waals surface area contributed by atoms with Crippen LogP contribution in [0, 0.1) is 5.41 Å². The van der Waals surface area contributed by atoms with Crippen molar-refractivity contribution in [2.75, 3.05) is 0 Å². The lowest BCUT2D eigenvalue weighted by Gasteiger charge is -2.18. The second-order valence-corrected chi connectivity index (χ2v) is 3.91. The lowest BCUT2D eigenvalue weighted by Crippen LogP contribution is -2.18. The predicted molar refractivity (Wildman–Crippen MR) is 39.8 cm³/mol. The smallest absolute Gasteiger partial charge is 0.255 e. The summed E-state index contributed by atoms with van der Waals surface area (Å²) in [7, 11) is 0. The van der Waals surface area contributed by atoms with Crippen LogP contribution in [0.15, 0.2) is 0 Å². The van der Waals surface area contributed by atoms with E-state index in [4.69, 9.17) is 11.6 Å². The van der Waals surface area contributed by atoms with Gasteiger partial charge in [-0.15, -0.1) is 0 Å². The van der Waals surface area contributed by atoms with E-state index in [0.29, 0.717) is 0 Å². The molecule has 0 rings (SSSR count). The molecule has 0 aromatic rings. The van der Waals surface area contributed by atoms with Crippen molar-refractivity contribution >= 4 is 16.8 Å². The molecule has 0 heterocycles. The molecule has 0 fully saturated rings. The quantitative estimate of drug-likeness (QED) is 0.577. The van der Waals surface area contributed by atoms with Crippen LogP contribution in [0.25, 0.3) is 0 Å². The van der Waals surface area contributed by atoms with Crippen LogP contribution in [0.5, 0.6) is 0 Å². The fourth-order valence-corrected chi connectivity index (χ4v) is 0.695.